The summed E-state index contributed by atoms with van der Waals surface area (Å²) in [6.45, 7) is 12.0. The third-order valence-corrected chi connectivity index (χ3v) is 11.6. The van der Waals surface area contributed by atoms with Gasteiger partial charge in [0.1, 0.15) is 0 Å². The lowest BCUT2D eigenvalue weighted by Gasteiger charge is -2.58. The molecule has 0 aromatic carbocycles. The number of rotatable bonds is 4. The molecule has 4 fully saturated rings. The van der Waals surface area contributed by atoms with E-state index in [0.29, 0.717) is 35.7 Å². The lowest BCUT2D eigenvalue weighted by molar-refractivity contribution is -0.131. The fourth-order valence-electron chi connectivity index (χ4n) is 9.47. The van der Waals surface area contributed by atoms with Crippen LogP contribution in [-0.4, -0.2) is 47.8 Å². The molecule has 192 valence electrons. The maximum Gasteiger partial charge on any atom is 0.222 e. The highest BCUT2D eigenvalue weighted by atomic mass is 16.5. The summed E-state index contributed by atoms with van der Waals surface area (Å²) in [5.41, 5.74) is 2.34. The average Bonchev–Trinajstić information content (AvgIpc) is 3.02. The van der Waals surface area contributed by atoms with Crippen molar-refractivity contribution in [2.75, 3.05) is 19.7 Å². The van der Waals surface area contributed by atoms with E-state index in [1.165, 1.54) is 38.5 Å². The van der Waals surface area contributed by atoms with Gasteiger partial charge in [0, 0.05) is 19.5 Å². The van der Waals surface area contributed by atoms with Crippen molar-refractivity contribution in [3.8, 4) is 0 Å². The molecule has 4 heteroatoms. The van der Waals surface area contributed by atoms with E-state index in [1.54, 1.807) is 5.57 Å². The van der Waals surface area contributed by atoms with E-state index in [9.17, 15) is 9.90 Å². The first-order valence-corrected chi connectivity index (χ1v) is 14.5. The van der Waals surface area contributed by atoms with Gasteiger partial charge in [-0.15, -0.1) is 0 Å². The van der Waals surface area contributed by atoms with E-state index < -0.39 is 0 Å². The van der Waals surface area contributed by atoms with Crippen molar-refractivity contribution >= 4 is 5.91 Å². The highest BCUT2D eigenvalue weighted by molar-refractivity contribution is 5.76. The number of amides is 1. The lowest BCUT2D eigenvalue weighted by atomic mass is 9.47. The molecule has 1 N–H and O–H groups in total. The Hall–Kier alpha value is -0.870. The van der Waals surface area contributed by atoms with E-state index in [1.807, 2.05) is 4.90 Å². The summed E-state index contributed by atoms with van der Waals surface area (Å²) >= 11 is 0. The van der Waals surface area contributed by atoms with Gasteiger partial charge in [-0.2, -0.15) is 0 Å². The fourth-order valence-corrected chi connectivity index (χ4v) is 9.47. The zero-order chi connectivity index (χ0) is 24.1. The summed E-state index contributed by atoms with van der Waals surface area (Å²) in [4.78, 5) is 15.0. The fraction of sp³-hybridized carbons (Fsp3) is 0.900. The second-order valence-corrected chi connectivity index (χ2v) is 13.3. The zero-order valence-corrected chi connectivity index (χ0v) is 22.2. The minimum absolute atomic E-state index is 0.116. The average molecular weight is 472 g/mol. The molecule has 5 rings (SSSR count). The molecule has 1 heterocycles. The van der Waals surface area contributed by atoms with Gasteiger partial charge >= 0.3 is 0 Å². The third-order valence-electron chi connectivity index (χ3n) is 11.6. The molecule has 4 nitrogen and oxygen atoms in total. The topological polar surface area (TPSA) is 49.8 Å². The number of allylic oxidation sites excluding steroid dienone is 1. The van der Waals surface area contributed by atoms with Gasteiger partial charge in [-0.25, -0.2) is 0 Å². The number of carbonyl (C=O) groups excluding carboxylic acids is 1. The normalized spacial score (nSPS) is 45.4. The highest BCUT2D eigenvalue weighted by Gasteiger charge is 2.59. The van der Waals surface area contributed by atoms with Gasteiger partial charge in [0.15, 0.2) is 0 Å². The summed E-state index contributed by atoms with van der Waals surface area (Å²) in [5.74, 6) is 4.17. The lowest BCUT2D eigenvalue weighted by Crippen LogP contribution is -2.50. The number of hydrogen-bond donors (Lipinski definition) is 1. The first-order valence-electron chi connectivity index (χ1n) is 14.5. The molecule has 9 atom stereocenters. The molecule has 0 spiro atoms. The molecule has 2 unspecified atom stereocenters. The Bertz CT molecular complexity index is 794. The maximum absolute atomic E-state index is 13.0. The van der Waals surface area contributed by atoms with Crippen LogP contribution in [0.25, 0.3) is 0 Å². The van der Waals surface area contributed by atoms with E-state index in [4.69, 9.17) is 4.74 Å². The maximum atomic E-state index is 13.0. The van der Waals surface area contributed by atoms with Crippen molar-refractivity contribution in [3.05, 3.63) is 11.6 Å². The molecule has 4 aliphatic carbocycles. The molecule has 5 aliphatic rings. The molecule has 0 bridgehead atoms. The molecule has 0 aromatic heterocycles. The molecule has 34 heavy (non-hydrogen) atoms. The van der Waals surface area contributed by atoms with Gasteiger partial charge in [0.2, 0.25) is 5.91 Å². The number of carbonyl (C=O) groups is 1. The Balaban J connectivity index is 1.22. The van der Waals surface area contributed by atoms with Gasteiger partial charge in [0.05, 0.1) is 18.8 Å². The minimum atomic E-state index is -0.116. The van der Waals surface area contributed by atoms with Crippen LogP contribution < -0.4 is 0 Å². The predicted octanol–water partition coefficient (Wildman–Crippen LogP) is 5.98. The molecule has 1 aliphatic heterocycles. The van der Waals surface area contributed by atoms with Crippen molar-refractivity contribution < 1.29 is 14.6 Å². The number of hydrogen-bond acceptors (Lipinski definition) is 3. The minimum Gasteiger partial charge on any atom is -0.393 e. The van der Waals surface area contributed by atoms with Crippen LogP contribution in [0, 0.1) is 40.4 Å². The predicted molar refractivity (Wildman–Crippen MR) is 136 cm³/mol. The number of aliphatic hydroxyl groups excluding tert-OH is 1. The van der Waals surface area contributed by atoms with Crippen LogP contribution in [0.3, 0.4) is 0 Å². The third kappa shape index (κ3) is 4.29. The van der Waals surface area contributed by atoms with E-state index in [-0.39, 0.29) is 12.2 Å². The van der Waals surface area contributed by atoms with Crippen LogP contribution in [-0.2, 0) is 9.53 Å². The van der Waals surface area contributed by atoms with Crippen molar-refractivity contribution in [1.82, 2.24) is 4.90 Å². The Morgan fingerprint density at radius 2 is 1.97 bits per heavy atom. The molecule has 0 radical (unpaired) electrons. The van der Waals surface area contributed by atoms with E-state index in [0.717, 1.165) is 62.4 Å². The van der Waals surface area contributed by atoms with Crippen molar-refractivity contribution in [2.24, 2.45) is 40.4 Å². The molecular formula is C30H49NO3. The van der Waals surface area contributed by atoms with Crippen LogP contribution in [0.5, 0.6) is 0 Å². The van der Waals surface area contributed by atoms with Gasteiger partial charge in [0.25, 0.3) is 0 Å². The number of ether oxygens (including phenoxy) is 1. The number of aliphatic hydroxyl groups is 1. The Morgan fingerprint density at radius 1 is 1.15 bits per heavy atom. The van der Waals surface area contributed by atoms with Crippen LogP contribution in [0.4, 0.5) is 0 Å². The number of nitrogens with zero attached hydrogens (tertiary/aromatic N) is 1. The monoisotopic (exact) mass is 471 g/mol. The summed E-state index contributed by atoms with van der Waals surface area (Å²) in [5, 5.41) is 10.3. The first kappa shape index (κ1) is 24.8. The molecular weight excluding hydrogens is 422 g/mol. The van der Waals surface area contributed by atoms with Gasteiger partial charge in [-0.05, 0) is 112 Å². The zero-order valence-electron chi connectivity index (χ0n) is 22.2. The highest BCUT2D eigenvalue weighted by Crippen LogP contribution is 2.67. The second-order valence-electron chi connectivity index (χ2n) is 13.3. The smallest absolute Gasteiger partial charge is 0.222 e. The van der Waals surface area contributed by atoms with Crippen molar-refractivity contribution in [3.63, 3.8) is 0 Å². The van der Waals surface area contributed by atoms with E-state index in [2.05, 4.69) is 33.8 Å². The molecule has 1 saturated heterocycles. The van der Waals surface area contributed by atoms with Crippen LogP contribution in [0.1, 0.15) is 98.3 Å². The van der Waals surface area contributed by atoms with Crippen LogP contribution in [0.15, 0.2) is 11.6 Å². The number of fused-ring (bicyclic) bond motifs is 5. The quantitative estimate of drug-likeness (QED) is 0.513. The Labute approximate surface area is 207 Å². The van der Waals surface area contributed by atoms with Gasteiger partial charge < -0.3 is 14.7 Å². The van der Waals surface area contributed by atoms with Gasteiger partial charge in [-0.3, -0.25) is 4.79 Å². The van der Waals surface area contributed by atoms with Crippen molar-refractivity contribution in [2.45, 2.75) is 111 Å². The SMILES string of the molecule is CC1CCN(C(=O)CCC(C)[C@H]2CC[C@H]3[C@@H]4CC=C5C[C@@H](O)CC[C@]5(C)[C@H]4CC[C@]23C)CCO1. The van der Waals surface area contributed by atoms with Gasteiger partial charge in [-0.1, -0.05) is 32.4 Å². The first-order chi connectivity index (χ1) is 16.2. The Morgan fingerprint density at radius 3 is 2.79 bits per heavy atom. The largest absolute Gasteiger partial charge is 0.393 e. The van der Waals surface area contributed by atoms with Crippen LogP contribution in [0.2, 0.25) is 0 Å². The summed E-state index contributed by atoms with van der Waals surface area (Å²) in [6, 6.07) is 0. The summed E-state index contributed by atoms with van der Waals surface area (Å²) < 4.78 is 5.74. The van der Waals surface area contributed by atoms with E-state index >= 15 is 0 Å². The van der Waals surface area contributed by atoms with Crippen molar-refractivity contribution in [1.29, 1.82) is 0 Å². The molecule has 3 saturated carbocycles. The summed E-state index contributed by atoms with van der Waals surface area (Å²) in [7, 11) is 0. The standard InChI is InChI=1S/C30H49NO3/c1-20(5-10-28(33)31-16-13-21(2)34-18-17-31)25-8-9-26-24-7-6-22-19-23(32)11-14-29(22,3)27(24)12-15-30(25,26)4/h6,20-21,23-27,32H,5,7-19H2,1-4H3/t20?,21?,23-,24-,25+,26-,27-,29-,30+/m0/s1. The Kier molecular flexibility index (Phi) is 6.96. The molecule has 1 amide bonds. The van der Waals surface area contributed by atoms with Crippen LogP contribution >= 0.6 is 0 Å². The summed E-state index contributed by atoms with van der Waals surface area (Å²) in [6.07, 6.45) is 15.1. The molecule has 0 aromatic rings. The second kappa shape index (κ2) is 9.54.